The number of rotatable bonds is 18. The van der Waals surface area contributed by atoms with Gasteiger partial charge in [-0.15, -0.1) is 0 Å². The molecule has 0 aliphatic carbocycles. The summed E-state index contributed by atoms with van der Waals surface area (Å²) >= 11 is 0. The first-order chi connectivity index (χ1) is 13.3. The molecule has 1 aromatic rings. The predicted molar refractivity (Wildman–Crippen MR) is 114 cm³/mol. The van der Waals surface area contributed by atoms with E-state index in [1.54, 1.807) is 7.11 Å². The molecule has 2 atom stereocenters. The molecule has 0 aliphatic rings. The van der Waals surface area contributed by atoms with Gasteiger partial charge < -0.3 is 14.6 Å². The van der Waals surface area contributed by atoms with Crippen LogP contribution in [0.3, 0.4) is 0 Å². The van der Waals surface area contributed by atoms with Gasteiger partial charge in [0.1, 0.15) is 6.79 Å². The lowest BCUT2D eigenvalue weighted by Crippen LogP contribution is -2.22. The molecule has 0 fully saturated rings. The molecule has 1 N–H and O–H groups in total. The fourth-order valence-electron chi connectivity index (χ4n) is 3.52. The van der Waals surface area contributed by atoms with E-state index in [1.165, 1.54) is 56.9 Å². The van der Waals surface area contributed by atoms with Crippen molar-refractivity contribution in [1.82, 2.24) is 0 Å². The predicted octanol–water partition coefficient (Wildman–Crippen LogP) is 6.28. The Morgan fingerprint density at radius 1 is 0.852 bits per heavy atom. The summed E-state index contributed by atoms with van der Waals surface area (Å²) in [6, 6.07) is 10.5. The van der Waals surface area contributed by atoms with Gasteiger partial charge in [0.05, 0.1) is 12.2 Å². The highest BCUT2D eigenvalue weighted by atomic mass is 16.7. The second kappa shape index (κ2) is 17.2. The lowest BCUT2D eigenvalue weighted by Gasteiger charge is -2.21. The molecule has 0 aromatic heterocycles. The lowest BCUT2D eigenvalue weighted by atomic mass is 9.99. The van der Waals surface area contributed by atoms with E-state index in [1.807, 2.05) is 6.07 Å². The number of aryl methyl sites for hydroxylation is 1. The van der Waals surface area contributed by atoms with Crippen molar-refractivity contribution in [3.63, 3.8) is 0 Å². The number of ether oxygens (including phenoxy) is 2. The molecule has 3 heteroatoms. The minimum atomic E-state index is -0.271. The third-order valence-corrected chi connectivity index (χ3v) is 5.20. The Morgan fingerprint density at radius 2 is 1.48 bits per heavy atom. The summed E-state index contributed by atoms with van der Waals surface area (Å²) < 4.78 is 10.9. The summed E-state index contributed by atoms with van der Waals surface area (Å²) in [7, 11) is 1.65. The van der Waals surface area contributed by atoms with Crippen molar-refractivity contribution in [3.05, 3.63) is 35.9 Å². The smallest absolute Gasteiger partial charge is 0.146 e. The molecular formula is C24H42O3. The first-order valence-corrected chi connectivity index (χ1v) is 11.1. The second-order valence-corrected chi connectivity index (χ2v) is 7.73. The molecule has 1 rings (SSSR count). The molecule has 0 heterocycles. The van der Waals surface area contributed by atoms with E-state index in [-0.39, 0.29) is 12.2 Å². The van der Waals surface area contributed by atoms with Crippen LogP contribution in [0, 0.1) is 0 Å². The number of hydrogen-bond acceptors (Lipinski definition) is 3. The van der Waals surface area contributed by atoms with Crippen molar-refractivity contribution in [1.29, 1.82) is 0 Å². The van der Waals surface area contributed by atoms with Crippen LogP contribution in [0.5, 0.6) is 0 Å². The molecule has 3 nitrogen and oxygen atoms in total. The summed E-state index contributed by atoms with van der Waals surface area (Å²) in [6.07, 6.45) is 15.1. The molecular weight excluding hydrogens is 336 g/mol. The summed E-state index contributed by atoms with van der Waals surface area (Å²) in [4.78, 5) is 0. The second-order valence-electron chi connectivity index (χ2n) is 7.73. The van der Waals surface area contributed by atoms with Crippen molar-refractivity contribution >= 4 is 0 Å². The van der Waals surface area contributed by atoms with Gasteiger partial charge in [-0.05, 0) is 31.2 Å². The van der Waals surface area contributed by atoms with Crippen LogP contribution >= 0.6 is 0 Å². The van der Waals surface area contributed by atoms with Crippen molar-refractivity contribution in [2.45, 2.75) is 103 Å². The Balaban J connectivity index is 2.14. The third-order valence-electron chi connectivity index (χ3n) is 5.20. The van der Waals surface area contributed by atoms with Gasteiger partial charge in [0.2, 0.25) is 0 Å². The van der Waals surface area contributed by atoms with Gasteiger partial charge in [-0.3, -0.25) is 0 Å². The van der Waals surface area contributed by atoms with Crippen LogP contribution in [0.15, 0.2) is 30.3 Å². The standard InChI is InChI=1S/C24H42O3/c1-3-4-5-6-7-8-9-10-14-17-23(25)20-24(27-21-26-2)19-18-22-15-12-11-13-16-22/h11-13,15-16,23-25H,3-10,14,17-21H2,1-2H3/t23-,24-/m1/s1. The van der Waals surface area contributed by atoms with Crippen LogP contribution < -0.4 is 0 Å². The SMILES string of the molecule is CCCCCCCCCCC[C@@H](O)C[C@@H](CCc1ccccc1)OCOC. The molecule has 0 radical (unpaired) electrons. The average molecular weight is 379 g/mol. The first-order valence-electron chi connectivity index (χ1n) is 11.1. The van der Waals surface area contributed by atoms with E-state index >= 15 is 0 Å². The van der Waals surface area contributed by atoms with Crippen molar-refractivity contribution < 1.29 is 14.6 Å². The van der Waals surface area contributed by atoms with Crippen LogP contribution in [0.4, 0.5) is 0 Å². The van der Waals surface area contributed by atoms with Crippen LogP contribution in [-0.2, 0) is 15.9 Å². The zero-order valence-electron chi connectivity index (χ0n) is 17.7. The summed E-state index contributed by atoms with van der Waals surface area (Å²) in [5.41, 5.74) is 1.32. The number of aliphatic hydroxyl groups excluding tert-OH is 1. The quantitative estimate of drug-likeness (QED) is 0.241. The van der Waals surface area contributed by atoms with E-state index in [9.17, 15) is 5.11 Å². The summed E-state index contributed by atoms with van der Waals surface area (Å²) in [5.74, 6) is 0. The summed E-state index contributed by atoms with van der Waals surface area (Å²) in [5, 5.41) is 10.4. The Morgan fingerprint density at radius 3 is 2.11 bits per heavy atom. The molecule has 0 saturated carbocycles. The Hall–Kier alpha value is -0.900. The third kappa shape index (κ3) is 13.8. The molecule has 0 saturated heterocycles. The Bertz CT molecular complexity index is 421. The van der Waals surface area contributed by atoms with Gasteiger partial charge in [0.15, 0.2) is 0 Å². The van der Waals surface area contributed by atoms with Gasteiger partial charge in [0, 0.05) is 7.11 Å². The zero-order valence-corrected chi connectivity index (χ0v) is 17.7. The molecule has 0 bridgehead atoms. The highest BCUT2D eigenvalue weighted by Gasteiger charge is 2.15. The molecule has 0 amide bonds. The molecule has 27 heavy (non-hydrogen) atoms. The minimum absolute atomic E-state index is 0.0544. The van der Waals surface area contributed by atoms with Crippen LogP contribution in [0.1, 0.15) is 89.5 Å². The van der Waals surface area contributed by atoms with E-state index < -0.39 is 0 Å². The highest BCUT2D eigenvalue weighted by molar-refractivity contribution is 5.14. The number of benzene rings is 1. The molecule has 0 aliphatic heterocycles. The topological polar surface area (TPSA) is 38.7 Å². The fourth-order valence-corrected chi connectivity index (χ4v) is 3.52. The van der Waals surface area contributed by atoms with Gasteiger partial charge in [-0.25, -0.2) is 0 Å². The van der Waals surface area contributed by atoms with Crippen LogP contribution in [0.25, 0.3) is 0 Å². The van der Waals surface area contributed by atoms with E-state index in [4.69, 9.17) is 9.47 Å². The van der Waals surface area contributed by atoms with E-state index in [2.05, 4.69) is 31.2 Å². The zero-order chi connectivity index (χ0) is 19.6. The van der Waals surface area contributed by atoms with E-state index in [0.717, 1.165) is 25.7 Å². The van der Waals surface area contributed by atoms with E-state index in [0.29, 0.717) is 13.2 Å². The minimum Gasteiger partial charge on any atom is -0.393 e. The number of hydrogen-bond donors (Lipinski definition) is 1. The summed E-state index contributed by atoms with van der Waals surface area (Å²) in [6.45, 7) is 2.56. The van der Waals surface area contributed by atoms with Gasteiger partial charge in [-0.1, -0.05) is 95.0 Å². The lowest BCUT2D eigenvalue weighted by molar-refractivity contribution is -0.0870. The maximum absolute atomic E-state index is 10.4. The molecule has 1 aromatic carbocycles. The maximum Gasteiger partial charge on any atom is 0.146 e. The number of aliphatic hydroxyl groups is 1. The normalized spacial score (nSPS) is 13.6. The van der Waals surface area contributed by atoms with Gasteiger partial charge in [0.25, 0.3) is 0 Å². The van der Waals surface area contributed by atoms with Crippen molar-refractivity contribution in [3.8, 4) is 0 Å². The number of unbranched alkanes of at least 4 members (excludes halogenated alkanes) is 8. The monoisotopic (exact) mass is 378 g/mol. The largest absolute Gasteiger partial charge is 0.393 e. The van der Waals surface area contributed by atoms with Crippen molar-refractivity contribution in [2.24, 2.45) is 0 Å². The average Bonchev–Trinajstić information content (AvgIpc) is 2.69. The molecule has 0 spiro atoms. The maximum atomic E-state index is 10.4. The van der Waals surface area contributed by atoms with Crippen LogP contribution in [0.2, 0.25) is 0 Å². The van der Waals surface area contributed by atoms with Crippen molar-refractivity contribution in [2.75, 3.05) is 13.9 Å². The molecule has 0 unspecified atom stereocenters. The Kier molecular flexibility index (Phi) is 15.4. The van der Waals surface area contributed by atoms with Gasteiger partial charge >= 0.3 is 0 Å². The fraction of sp³-hybridized carbons (Fsp3) is 0.750. The van der Waals surface area contributed by atoms with Crippen LogP contribution in [-0.4, -0.2) is 31.2 Å². The number of methoxy groups -OCH3 is 1. The Labute approximate surface area is 167 Å². The first kappa shape index (κ1) is 24.1. The molecule has 156 valence electrons. The van der Waals surface area contributed by atoms with Gasteiger partial charge in [-0.2, -0.15) is 0 Å². The highest BCUT2D eigenvalue weighted by Crippen LogP contribution is 2.17.